The minimum absolute atomic E-state index is 0. The number of nitrogens with zero attached hydrogens (tertiary/aromatic N) is 3. The van der Waals surface area contributed by atoms with Crippen molar-refractivity contribution in [3.63, 3.8) is 0 Å². The molecule has 2 heterocycles. The SMILES string of the molecule is CN=C(NCc1ccccc1CN1CCCCC1C)N1CCC(COC)C1.I. The highest BCUT2D eigenvalue weighted by atomic mass is 127. The van der Waals surface area contributed by atoms with Gasteiger partial charge in [0.15, 0.2) is 5.96 Å². The maximum atomic E-state index is 5.32. The summed E-state index contributed by atoms with van der Waals surface area (Å²) in [7, 11) is 3.67. The molecule has 2 saturated heterocycles. The summed E-state index contributed by atoms with van der Waals surface area (Å²) in [6.45, 7) is 8.39. The Morgan fingerprint density at radius 3 is 2.68 bits per heavy atom. The molecular formula is C22H37IN4O. The zero-order chi connectivity index (χ0) is 19.1. The van der Waals surface area contributed by atoms with E-state index in [9.17, 15) is 0 Å². The van der Waals surface area contributed by atoms with Gasteiger partial charge in [0.25, 0.3) is 0 Å². The van der Waals surface area contributed by atoms with Crippen molar-refractivity contribution in [2.75, 3.05) is 40.4 Å². The molecule has 0 bridgehead atoms. The lowest BCUT2D eigenvalue weighted by atomic mass is 10.0. The summed E-state index contributed by atoms with van der Waals surface area (Å²) in [5.41, 5.74) is 2.82. The second-order valence-electron chi connectivity index (χ2n) is 8.04. The number of nitrogens with one attached hydrogen (secondary N) is 1. The van der Waals surface area contributed by atoms with Crippen molar-refractivity contribution in [2.45, 2.75) is 51.7 Å². The third-order valence-corrected chi connectivity index (χ3v) is 6.07. The van der Waals surface area contributed by atoms with Crippen molar-refractivity contribution in [3.05, 3.63) is 35.4 Å². The molecule has 0 radical (unpaired) electrons. The Morgan fingerprint density at radius 1 is 1.18 bits per heavy atom. The molecule has 2 fully saturated rings. The molecule has 2 aliphatic heterocycles. The van der Waals surface area contributed by atoms with Crippen LogP contribution in [0.4, 0.5) is 0 Å². The molecule has 1 aromatic carbocycles. The standard InChI is InChI=1S/C22H36N4O.HI/c1-18-8-6-7-12-25(18)16-21-10-5-4-9-20(21)14-24-22(23-2)26-13-11-19(15-26)17-27-3;/h4-5,9-10,18-19H,6-8,11-17H2,1-3H3,(H,23,24);1H. The summed E-state index contributed by atoms with van der Waals surface area (Å²) in [5, 5.41) is 3.60. The number of ether oxygens (including phenoxy) is 1. The van der Waals surface area contributed by atoms with Crippen molar-refractivity contribution >= 4 is 29.9 Å². The summed E-state index contributed by atoms with van der Waals surface area (Å²) in [6, 6.07) is 9.54. The van der Waals surface area contributed by atoms with E-state index >= 15 is 0 Å². The fraction of sp³-hybridized carbons (Fsp3) is 0.682. The highest BCUT2D eigenvalue weighted by molar-refractivity contribution is 14.0. The average molecular weight is 500 g/mol. The van der Waals surface area contributed by atoms with E-state index < -0.39 is 0 Å². The van der Waals surface area contributed by atoms with Crippen LogP contribution >= 0.6 is 24.0 Å². The minimum atomic E-state index is 0. The Kier molecular flexibility index (Phi) is 10.0. The number of methoxy groups -OCH3 is 1. The molecular weight excluding hydrogens is 463 g/mol. The molecule has 158 valence electrons. The predicted octanol–water partition coefficient (Wildman–Crippen LogP) is 3.72. The molecule has 2 aliphatic rings. The lowest BCUT2D eigenvalue weighted by Gasteiger charge is -2.34. The molecule has 1 aromatic rings. The molecule has 0 saturated carbocycles. The molecule has 2 atom stereocenters. The highest BCUT2D eigenvalue weighted by Gasteiger charge is 2.25. The van der Waals surface area contributed by atoms with E-state index in [1.54, 1.807) is 7.11 Å². The van der Waals surface area contributed by atoms with Crippen LogP contribution in [0.5, 0.6) is 0 Å². The molecule has 0 aliphatic carbocycles. The van der Waals surface area contributed by atoms with Crippen molar-refractivity contribution in [2.24, 2.45) is 10.9 Å². The van der Waals surface area contributed by atoms with E-state index in [2.05, 4.69) is 51.3 Å². The van der Waals surface area contributed by atoms with Gasteiger partial charge in [-0.25, -0.2) is 0 Å². The van der Waals surface area contributed by atoms with E-state index in [4.69, 9.17) is 4.74 Å². The van der Waals surface area contributed by atoms with Gasteiger partial charge in [0.2, 0.25) is 0 Å². The number of halogens is 1. The van der Waals surface area contributed by atoms with Crippen LogP contribution < -0.4 is 5.32 Å². The van der Waals surface area contributed by atoms with Gasteiger partial charge in [0, 0.05) is 52.3 Å². The van der Waals surface area contributed by atoms with Gasteiger partial charge in [-0.1, -0.05) is 30.7 Å². The van der Waals surface area contributed by atoms with Crippen molar-refractivity contribution < 1.29 is 4.74 Å². The Morgan fingerprint density at radius 2 is 1.96 bits per heavy atom. The van der Waals surface area contributed by atoms with Gasteiger partial charge < -0.3 is 15.0 Å². The zero-order valence-electron chi connectivity index (χ0n) is 17.7. The quantitative estimate of drug-likeness (QED) is 0.367. The van der Waals surface area contributed by atoms with Crippen LogP contribution in [0, 0.1) is 5.92 Å². The van der Waals surface area contributed by atoms with Crippen LogP contribution in [0.3, 0.4) is 0 Å². The van der Waals surface area contributed by atoms with Gasteiger partial charge >= 0.3 is 0 Å². The summed E-state index contributed by atoms with van der Waals surface area (Å²) in [6.07, 6.45) is 5.20. The normalized spacial score (nSPS) is 23.5. The van der Waals surface area contributed by atoms with Gasteiger partial charge in [0.1, 0.15) is 0 Å². The van der Waals surface area contributed by atoms with Crippen LogP contribution in [0.2, 0.25) is 0 Å². The maximum absolute atomic E-state index is 5.32. The summed E-state index contributed by atoms with van der Waals surface area (Å²) in [4.78, 5) is 9.51. The summed E-state index contributed by atoms with van der Waals surface area (Å²) >= 11 is 0. The number of piperidine rings is 1. The number of guanidine groups is 1. The molecule has 2 unspecified atom stereocenters. The fourth-order valence-corrected chi connectivity index (χ4v) is 4.40. The van der Waals surface area contributed by atoms with Gasteiger partial charge in [-0.2, -0.15) is 0 Å². The van der Waals surface area contributed by atoms with Gasteiger partial charge in [-0.15, -0.1) is 24.0 Å². The summed E-state index contributed by atoms with van der Waals surface area (Å²) in [5.74, 6) is 1.62. The van der Waals surface area contributed by atoms with Crippen molar-refractivity contribution in [3.8, 4) is 0 Å². The van der Waals surface area contributed by atoms with Gasteiger partial charge in [-0.3, -0.25) is 9.89 Å². The van der Waals surface area contributed by atoms with E-state index in [1.807, 2.05) is 7.05 Å². The first-order valence-electron chi connectivity index (χ1n) is 10.5. The number of hydrogen-bond acceptors (Lipinski definition) is 3. The van der Waals surface area contributed by atoms with E-state index in [1.165, 1.54) is 43.4 Å². The van der Waals surface area contributed by atoms with Crippen molar-refractivity contribution in [1.82, 2.24) is 15.1 Å². The van der Waals surface area contributed by atoms with Crippen LogP contribution in [0.1, 0.15) is 43.7 Å². The predicted molar refractivity (Wildman–Crippen MR) is 127 cm³/mol. The number of likely N-dealkylation sites (tertiary alicyclic amines) is 2. The topological polar surface area (TPSA) is 40.1 Å². The highest BCUT2D eigenvalue weighted by Crippen LogP contribution is 2.21. The molecule has 0 spiro atoms. The third-order valence-electron chi connectivity index (χ3n) is 6.07. The third kappa shape index (κ3) is 6.32. The molecule has 5 nitrogen and oxygen atoms in total. The molecule has 3 rings (SSSR count). The molecule has 28 heavy (non-hydrogen) atoms. The number of rotatable bonds is 6. The number of benzene rings is 1. The Balaban J connectivity index is 0.00000280. The Hall–Kier alpha value is -0.860. The van der Waals surface area contributed by atoms with Crippen LogP contribution in [0.25, 0.3) is 0 Å². The first kappa shape index (κ1) is 23.4. The molecule has 0 aromatic heterocycles. The Bertz CT molecular complexity index is 624. The average Bonchev–Trinajstić information content (AvgIpc) is 3.14. The van der Waals surface area contributed by atoms with E-state index in [0.29, 0.717) is 12.0 Å². The lowest BCUT2D eigenvalue weighted by Crippen LogP contribution is -2.40. The van der Waals surface area contributed by atoms with E-state index in [-0.39, 0.29) is 24.0 Å². The number of hydrogen-bond donors (Lipinski definition) is 1. The number of aliphatic imine (C=N–C) groups is 1. The fourth-order valence-electron chi connectivity index (χ4n) is 4.40. The zero-order valence-corrected chi connectivity index (χ0v) is 20.0. The smallest absolute Gasteiger partial charge is 0.193 e. The van der Waals surface area contributed by atoms with Gasteiger partial charge in [0.05, 0.1) is 6.61 Å². The second-order valence-corrected chi connectivity index (χ2v) is 8.04. The largest absolute Gasteiger partial charge is 0.384 e. The lowest BCUT2D eigenvalue weighted by molar-refractivity contribution is 0.152. The van der Waals surface area contributed by atoms with Crippen LogP contribution in [0.15, 0.2) is 29.3 Å². The Labute approximate surface area is 187 Å². The minimum Gasteiger partial charge on any atom is -0.384 e. The maximum Gasteiger partial charge on any atom is 0.193 e. The second kappa shape index (κ2) is 12.0. The first-order chi connectivity index (χ1) is 13.2. The monoisotopic (exact) mass is 500 g/mol. The first-order valence-corrected chi connectivity index (χ1v) is 10.5. The van der Waals surface area contributed by atoms with Crippen LogP contribution in [-0.4, -0.2) is 62.2 Å². The van der Waals surface area contributed by atoms with Gasteiger partial charge in [-0.05, 0) is 43.9 Å². The molecule has 1 N–H and O–H groups in total. The van der Waals surface area contributed by atoms with Crippen LogP contribution in [-0.2, 0) is 17.8 Å². The van der Waals surface area contributed by atoms with E-state index in [0.717, 1.165) is 38.7 Å². The molecule has 0 amide bonds. The van der Waals surface area contributed by atoms with Crippen molar-refractivity contribution in [1.29, 1.82) is 0 Å². The molecule has 6 heteroatoms. The summed E-state index contributed by atoms with van der Waals surface area (Å²) < 4.78 is 5.32.